The summed E-state index contributed by atoms with van der Waals surface area (Å²) in [6, 6.07) is 1.90. The van der Waals surface area contributed by atoms with Gasteiger partial charge in [0.15, 0.2) is 0 Å². The molecule has 0 aliphatic rings. The molecule has 0 saturated heterocycles. The fourth-order valence-electron chi connectivity index (χ4n) is 1.72. The zero-order valence-corrected chi connectivity index (χ0v) is 10.9. The smallest absolute Gasteiger partial charge is 0.222 e. The molecule has 96 valence electrons. The number of carbonyl (C=O) groups excluding carboxylic acids is 1. The molecule has 1 rings (SSSR count). The molecule has 1 aromatic rings. The quantitative estimate of drug-likeness (QED) is 0.823. The molecule has 1 amide bonds. The van der Waals surface area contributed by atoms with Crippen LogP contribution < -0.4 is 5.73 Å². The molecular weight excluding hydrogens is 216 g/mol. The largest absolute Gasteiger partial charge is 0.469 e. The Kier molecular flexibility index (Phi) is 5.22. The van der Waals surface area contributed by atoms with Crippen LogP contribution in [0.15, 0.2) is 16.7 Å². The SMILES string of the molecule is CCC(CN)CC(=O)N(C)Cc1ccoc1C. The molecule has 2 N–H and O–H groups in total. The van der Waals surface area contributed by atoms with E-state index in [2.05, 4.69) is 6.92 Å². The first-order valence-corrected chi connectivity index (χ1v) is 6.05. The standard InChI is InChI=1S/C13H22N2O2/c1-4-11(8-14)7-13(16)15(3)9-12-5-6-17-10(12)2/h5-6,11H,4,7-9,14H2,1-3H3. The van der Waals surface area contributed by atoms with Crippen molar-refractivity contribution < 1.29 is 9.21 Å². The molecule has 4 nitrogen and oxygen atoms in total. The van der Waals surface area contributed by atoms with Crippen LogP contribution in [0.4, 0.5) is 0 Å². The van der Waals surface area contributed by atoms with E-state index >= 15 is 0 Å². The number of aryl methyl sites for hydroxylation is 1. The second-order valence-corrected chi connectivity index (χ2v) is 4.47. The molecule has 0 radical (unpaired) electrons. The van der Waals surface area contributed by atoms with Crippen LogP contribution in [0.3, 0.4) is 0 Å². The van der Waals surface area contributed by atoms with Gasteiger partial charge in [-0.05, 0) is 25.5 Å². The predicted octanol–water partition coefficient (Wildman–Crippen LogP) is 1.92. The van der Waals surface area contributed by atoms with E-state index in [1.807, 2.05) is 20.0 Å². The average molecular weight is 238 g/mol. The molecule has 1 aromatic heterocycles. The Bertz CT molecular complexity index is 356. The molecule has 0 fully saturated rings. The van der Waals surface area contributed by atoms with Crippen molar-refractivity contribution in [1.82, 2.24) is 4.90 Å². The van der Waals surface area contributed by atoms with Gasteiger partial charge in [-0.25, -0.2) is 0 Å². The summed E-state index contributed by atoms with van der Waals surface area (Å²) in [5.74, 6) is 1.30. The molecule has 0 saturated carbocycles. The van der Waals surface area contributed by atoms with E-state index < -0.39 is 0 Å². The number of nitrogens with zero attached hydrogens (tertiary/aromatic N) is 1. The second kappa shape index (κ2) is 6.45. The van der Waals surface area contributed by atoms with Gasteiger partial charge in [-0.2, -0.15) is 0 Å². The van der Waals surface area contributed by atoms with Gasteiger partial charge in [-0.15, -0.1) is 0 Å². The fourth-order valence-corrected chi connectivity index (χ4v) is 1.72. The predicted molar refractivity (Wildman–Crippen MR) is 67.4 cm³/mol. The van der Waals surface area contributed by atoms with Crippen molar-refractivity contribution in [2.24, 2.45) is 11.7 Å². The first-order chi connectivity index (χ1) is 8.08. The minimum atomic E-state index is 0.142. The third kappa shape index (κ3) is 3.89. The summed E-state index contributed by atoms with van der Waals surface area (Å²) < 4.78 is 5.21. The van der Waals surface area contributed by atoms with Crippen LogP contribution in [-0.2, 0) is 11.3 Å². The summed E-state index contributed by atoms with van der Waals surface area (Å²) in [4.78, 5) is 13.7. The number of nitrogens with two attached hydrogens (primary N) is 1. The van der Waals surface area contributed by atoms with Crippen LogP contribution in [0.5, 0.6) is 0 Å². The Balaban J connectivity index is 2.50. The van der Waals surface area contributed by atoms with Crippen molar-refractivity contribution in [2.75, 3.05) is 13.6 Å². The summed E-state index contributed by atoms with van der Waals surface area (Å²) in [6.07, 6.45) is 3.12. The van der Waals surface area contributed by atoms with Gasteiger partial charge in [0.05, 0.1) is 6.26 Å². The van der Waals surface area contributed by atoms with Gasteiger partial charge in [0.25, 0.3) is 0 Å². The van der Waals surface area contributed by atoms with Crippen LogP contribution in [0, 0.1) is 12.8 Å². The maximum Gasteiger partial charge on any atom is 0.222 e. The zero-order valence-electron chi connectivity index (χ0n) is 10.9. The van der Waals surface area contributed by atoms with E-state index in [9.17, 15) is 4.79 Å². The first kappa shape index (κ1) is 13.8. The summed E-state index contributed by atoms with van der Waals surface area (Å²) in [6.45, 7) is 5.14. The first-order valence-electron chi connectivity index (χ1n) is 6.05. The number of carbonyl (C=O) groups is 1. The summed E-state index contributed by atoms with van der Waals surface area (Å²) >= 11 is 0. The fraction of sp³-hybridized carbons (Fsp3) is 0.615. The van der Waals surface area contributed by atoms with Crippen molar-refractivity contribution in [3.8, 4) is 0 Å². The Morgan fingerprint density at radius 3 is 2.76 bits per heavy atom. The molecule has 1 heterocycles. The van der Waals surface area contributed by atoms with E-state index in [1.54, 1.807) is 11.2 Å². The third-order valence-electron chi connectivity index (χ3n) is 3.17. The van der Waals surface area contributed by atoms with E-state index in [1.165, 1.54) is 0 Å². The van der Waals surface area contributed by atoms with Gasteiger partial charge in [0, 0.05) is 25.6 Å². The van der Waals surface area contributed by atoms with Crippen molar-refractivity contribution >= 4 is 5.91 Å². The van der Waals surface area contributed by atoms with Gasteiger partial charge >= 0.3 is 0 Å². The Morgan fingerprint density at radius 2 is 2.29 bits per heavy atom. The number of hydrogen-bond acceptors (Lipinski definition) is 3. The molecule has 1 atom stereocenters. The minimum Gasteiger partial charge on any atom is -0.469 e. The van der Waals surface area contributed by atoms with Crippen LogP contribution in [0.25, 0.3) is 0 Å². The van der Waals surface area contributed by atoms with E-state index in [4.69, 9.17) is 10.2 Å². The Labute approximate surface area is 103 Å². The molecule has 0 aliphatic heterocycles. The highest BCUT2D eigenvalue weighted by atomic mass is 16.3. The number of amides is 1. The van der Waals surface area contributed by atoms with Crippen LogP contribution in [-0.4, -0.2) is 24.4 Å². The van der Waals surface area contributed by atoms with Crippen LogP contribution in [0.1, 0.15) is 31.1 Å². The monoisotopic (exact) mass is 238 g/mol. The highest BCUT2D eigenvalue weighted by Crippen LogP contribution is 2.13. The van der Waals surface area contributed by atoms with Gasteiger partial charge in [-0.3, -0.25) is 4.79 Å². The minimum absolute atomic E-state index is 0.142. The lowest BCUT2D eigenvalue weighted by Gasteiger charge is -2.19. The van der Waals surface area contributed by atoms with E-state index in [0.717, 1.165) is 17.7 Å². The van der Waals surface area contributed by atoms with Gasteiger partial charge in [0.1, 0.15) is 5.76 Å². The number of furan rings is 1. The highest BCUT2D eigenvalue weighted by Gasteiger charge is 2.15. The second-order valence-electron chi connectivity index (χ2n) is 4.47. The molecule has 17 heavy (non-hydrogen) atoms. The highest BCUT2D eigenvalue weighted by molar-refractivity contribution is 5.76. The lowest BCUT2D eigenvalue weighted by molar-refractivity contribution is -0.131. The maximum atomic E-state index is 11.9. The zero-order chi connectivity index (χ0) is 12.8. The lowest BCUT2D eigenvalue weighted by Crippen LogP contribution is -2.29. The summed E-state index contributed by atoms with van der Waals surface area (Å²) in [7, 11) is 1.82. The third-order valence-corrected chi connectivity index (χ3v) is 3.17. The molecule has 0 aromatic carbocycles. The normalized spacial score (nSPS) is 12.5. The van der Waals surface area contributed by atoms with E-state index in [-0.39, 0.29) is 11.8 Å². The molecule has 0 spiro atoms. The summed E-state index contributed by atoms with van der Waals surface area (Å²) in [5, 5.41) is 0. The average Bonchev–Trinajstić information content (AvgIpc) is 2.71. The van der Waals surface area contributed by atoms with Crippen molar-refractivity contribution in [3.05, 3.63) is 23.7 Å². The van der Waals surface area contributed by atoms with Gasteiger partial charge in [-0.1, -0.05) is 13.3 Å². The molecule has 1 unspecified atom stereocenters. The van der Waals surface area contributed by atoms with Crippen LogP contribution >= 0.6 is 0 Å². The lowest BCUT2D eigenvalue weighted by atomic mass is 10.0. The number of hydrogen-bond donors (Lipinski definition) is 1. The van der Waals surface area contributed by atoms with Crippen LogP contribution in [0.2, 0.25) is 0 Å². The van der Waals surface area contributed by atoms with Crippen molar-refractivity contribution in [3.63, 3.8) is 0 Å². The van der Waals surface area contributed by atoms with Crippen molar-refractivity contribution in [2.45, 2.75) is 33.2 Å². The van der Waals surface area contributed by atoms with Gasteiger partial charge in [0.2, 0.25) is 5.91 Å². The number of rotatable bonds is 6. The molecular formula is C13H22N2O2. The Hall–Kier alpha value is -1.29. The molecule has 4 heteroatoms. The molecule has 0 bridgehead atoms. The Morgan fingerprint density at radius 1 is 1.59 bits per heavy atom. The van der Waals surface area contributed by atoms with Gasteiger partial charge < -0.3 is 15.1 Å². The summed E-state index contributed by atoms with van der Waals surface area (Å²) in [5.41, 5.74) is 6.66. The van der Waals surface area contributed by atoms with Crippen molar-refractivity contribution in [1.29, 1.82) is 0 Å². The maximum absolute atomic E-state index is 11.9. The molecule has 0 aliphatic carbocycles. The topological polar surface area (TPSA) is 59.5 Å². The van der Waals surface area contributed by atoms with E-state index in [0.29, 0.717) is 19.5 Å².